The number of amides is 1. The van der Waals surface area contributed by atoms with Crippen LogP contribution in [-0.4, -0.2) is 26.6 Å². The monoisotopic (exact) mass is 329 g/mol. The maximum Gasteiger partial charge on any atom is 0.435 e. The number of nitrogens with zero attached hydrogens (tertiary/aromatic N) is 3. The van der Waals surface area contributed by atoms with Crippen molar-refractivity contribution >= 4 is 17.2 Å². The molecule has 0 radical (unpaired) electrons. The van der Waals surface area contributed by atoms with E-state index >= 15 is 0 Å². The van der Waals surface area contributed by atoms with Gasteiger partial charge in [0.15, 0.2) is 5.69 Å². The summed E-state index contributed by atoms with van der Waals surface area (Å²) in [6.45, 7) is 0.340. The molecular weight excluding hydrogens is 315 g/mol. The Balaban J connectivity index is 1.67. The molecule has 0 bridgehead atoms. The highest BCUT2D eigenvalue weighted by atomic mass is 32.1. The summed E-state index contributed by atoms with van der Waals surface area (Å²) in [4.78, 5) is 15.2. The van der Waals surface area contributed by atoms with E-state index < -0.39 is 11.9 Å². The first kappa shape index (κ1) is 15.1. The van der Waals surface area contributed by atoms with Crippen molar-refractivity contribution in [2.45, 2.75) is 38.1 Å². The fraction of sp³-hybridized carbons (Fsp3) is 0.429. The van der Waals surface area contributed by atoms with Gasteiger partial charge in [-0.3, -0.25) is 9.48 Å². The van der Waals surface area contributed by atoms with Gasteiger partial charge in [0.2, 0.25) is 5.91 Å². The van der Waals surface area contributed by atoms with Gasteiger partial charge in [-0.2, -0.15) is 18.3 Å². The number of carbonyl (C=O) groups is 1. The molecule has 1 fully saturated rings. The highest BCUT2D eigenvalue weighted by molar-refractivity contribution is 7.09. The fourth-order valence-corrected chi connectivity index (χ4v) is 2.91. The van der Waals surface area contributed by atoms with Crippen LogP contribution in [0.15, 0.2) is 29.8 Å². The minimum absolute atomic E-state index is 0.169. The van der Waals surface area contributed by atoms with Gasteiger partial charge in [-0.05, 0) is 30.4 Å². The summed E-state index contributed by atoms with van der Waals surface area (Å²) in [7, 11) is 0. The SMILES string of the molecule is O=C(Cn1ccc(C(F)(F)F)n1)N(Cc1cccs1)C1CC1. The lowest BCUT2D eigenvalue weighted by atomic mass is 10.3. The predicted molar refractivity (Wildman–Crippen MR) is 75.1 cm³/mol. The van der Waals surface area contributed by atoms with Gasteiger partial charge >= 0.3 is 6.18 Å². The smallest absolute Gasteiger partial charge is 0.333 e. The third-order valence-corrected chi connectivity index (χ3v) is 4.30. The van der Waals surface area contributed by atoms with Crippen molar-refractivity contribution in [3.05, 3.63) is 40.3 Å². The number of thiophene rings is 1. The zero-order valence-electron chi connectivity index (χ0n) is 11.6. The van der Waals surface area contributed by atoms with Gasteiger partial charge in [-0.1, -0.05) is 6.07 Å². The van der Waals surface area contributed by atoms with Crippen molar-refractivity contribution in [2.24, 2.45) is 0 Å². The number of rotatable bonds is 5. The number of aromatic nitrogens is 2. The molecule has 4 nitrogen and oxygen atoms in total. The quantitative estimate of drug-likeness (QED) is 0.845. The van der Waals surface area contributed by atoms with Crippen molar-refractivity contribution in [3.63, 3.8) is 0 Å². The molecule has 22 heavy (non-hydrogen) atoms. The second-order valence-electron chi connectivity index (χ2n) is 5.23. The molecule has 2 heterocycles. The number of alkyl halides is 3. The standard InChI is InChI=1S/C14H14F3N3OS/c15-14(16,17)12-5-6-19(18-12)9-13(21)20(10-3-4-10)8-11-2-1-7-22-11/h1-2,5-7,10H,3-4,8-9H2. The summed E-state index contributed by atoms with van der Waals surface area (Å²) >= 11 is 1.56. The Labute approximate surface area is 129 Å². The van der Waals surface area contributed by atoms with Crippen LogP contribution in [0.3, 0.4) is 0 Å². The highest BCUT2D eigenvalue weighted by Crippen LogP contribution is 2.30. The highest BCUT2D eigenvalue weighted by Gasteiger charge is 2.35. The molecule has 1 aliphatic rings. The third kappa shape index (κ3) is 3.49. The van der Waals surface area contributed by atoms with Gasteiger partial charge in [0.1, 0.15) is 6.54 Å². The Morgan fingerprint density at radius 3 is 2.73 bits per heavy atom. The molecule has 2 aromatic heterocycles. The first-order valence-electron chi connectivity index (χ1n) is 6.86. The van der Waals surface area contributed by atoms with Gasteiger partial charge in [0.05, 0.1) is 6.54 Å². The molecule has 8 heteroatoms. The van der Waals surface area contributed by atoms with Crippen LogP contribution in [0.5, 0.6) is 0 Å². The molecule has 0 N–H and O–H groups in total. The summed E-state index contributed by atoms with van der Waals surface area (Å²) in [5.41, 5.74) is -0.975. The maximum absolute atomic E-state index is 12.5. The molecule has 118 valence electrons. The molecule has 1 saturated carbocycles. The van der Waals surface area contributed by atoms with Crippen LogP contribution in [0.4, 0.5) is 13.2 Å². The molecule has 1 amide bonds. The molecule has 0 unspecified atom stereocenters. The number of carbonyl (C=O) groups excluding carboxylic acids is 1. The van der Waals surface area contributed by atoms with Crippen molar-refractivity contribution in [1.82, 2.24) is 14.7 Å². The van der Waals surface area contributed by atoms with E-state index in [2.05, 4.69) is 5.10 Å². The van der Waals surface area contributed by atoms with Crippen LogP contribution < -0.4 is 0 Å². The lowest BCUT2D eigenvalue weighted by molar-refractivity contribution is -0.142. The van der Waals surface area contributed by atoms with Crippen LogP contribution in [0.25, 0.3) is 0 Å². The molecule has 0 saturated heterocycles. The Morgan fingerprint density at radius 1 is 1.41 bits per heavy atom. The fourth-order valence-electron chi connectivity index (χ4n) is 2.21. The minimum atomic E-state index is -4.48. The zero-order chi connectivity index (χ0) is 15.7. The first-order chi connectivity index (χ1) is 10.4. The van der Waals surface area contributed by atoms with Gasteiger partial charge in [-0.15, -0.1) is 11.3 Å². The average Bonchev–Trinajstić information content (AvgIpc) is 2.96. The van der Waals surface area contributed by atoms with Crippen LogP contribution >= 0.6 is 11.3 Å². The van der Waals surface area contributed by atoms with E-state index in [9.17, 15) is 18.0 Å². The van der Waals surface area contributed by atoms with Crippen LogP contribution in [-0.2, 0) is 24.1 Å². The second kappa shape index (κ2) is 5.75. The van der Waals surface area contributed by atoms with Gasteiger partial charge < -0.3 is 4.90 Å². The molecule has 3 rings (SSSR count). The molecule has 0 aromatic carbocycles. The third-order valence-electron chi connectivity index (χ3n) is 3.44. The Morgan fingerprint density at radius 2 is 2.18 bits per heavy atom. The number of hydrogen-bond donors (Lipinski definition) is 0. The van der Waals surface area contributed by atoms with Gasteiger partial charge in [-0.25, -0.2) is 0 Å². The first-order valence-corrected chi connectivity index (χ1v) is 7.74. The molecule has 0 aliphatic heterocycles. The number of halogens is 3. The van der Waals surface area contributed by atoms with E-state index in [1.54, 1.807) is 16.2 Å². The molecular formula is C14H14F3N3OS. The lowest BCUT2D eigenvalue weighted by Gasteiger charge is -2.21. The Bertz CT molecular complexity index is 647. The maximum atomic E-state index is 12.5. The zero-order valence-corrected chi connectivity index (χ0v) is 12.4. The molecule has 2 aromatic rings. The Kier molecular flexibility index (Phi) is 3.94. The van der Waals surface area contributed by atoms with Crippen molar-refractivity contribution in [3.8, 4) is 0 Å². The summed E-state index contributed by atoms with van der Waals surface area (Å²) in [6.07, 6.45) is -1.40. The molecule has 1 aliphatic carbocycles. The van der Waals surface area contributed by atoms with E-state index in [1.165, 1.54) is 6.20 Å². The predicted octanol–water partition coefficient (Wildman–Crippen LogP) is 3.15. The Hall–Kier alpha value is -1.83. The van der Waals surface area contributed by atoms with E-state index in [-0.39, 0.29) is 18.5 Å². The topological polar surface area (TPSA) is 38.1 Å². The normalized spacial score (nSPS) is 15.0. The van der Waals surface area contributed by atoms with E-state index in [0.29, 0.717) is 6.54 Å². The van der Waals surface area contributed by atoms with Crippen molar-refractivity contribution < 1.29 is 18.0 Å². The summed E-state index contributed by atoms with van der Waals surface area (Å²) in [6, 6.07) is 4.95. The van der Waals surface area contributed by atoms with Gasteiger partial charge in [0, 0.05) is 17.1 Å². The van der Waals surface area contributed by atoms with Crippen molar-refractivity contribution in [1.29, 1.82) is 0 Å². The van der Waals surface area contributed by atoms with Crippen LogP contribution in [0, 0.1) is 0 Å². The van der Waals surface area contributed by atoms with Gasteiger partial charge in [0.25, 0.3) is 0 Å². The average molecular weight is 329 g/mol. The summed E-state index contributed by atoms with van der Waals surface area (Å²) < 4.78 is 38.6. The van der Waals surface area contributed by atoms with Crippen LogP contribution in [0.1, 0.15) is 23.4 Å². The van der Waals surface area contributed by atoms with Crippen molar-refractivity contribution in [2.75, 3.05) is 0 Å². The lowest BCUT2D eigenvalue weighted by Crippen LogP contribution is -2.35. The van der Waals surface area contributed by atoms with E-state index in [1.807, 2.05) is 17.5 Å². The molecule has 0 atom stereocenters. The summed E-state index contributed by atoms with van der Waals surface area (Å²) in [5, 5.41) is 5.37. The number of hydrogen-bond acceptors (Lipinski definition) is 3. The molecule has 0 spiro atoms. The van der Waals surface area contributed by atoms with E-state index in [0.717, 1.165) is 28.5 Å². The van der Waals surface area contributed by atoms with E-state index in [4.69, 9.17) is 0 Å². The summed E-state index contributed by atoms with van der Waals surface area (Å²) in [5.74, 6) is -0.201. The largest absolute Gasteiger partial charge is 0.435 e. The second-order valence-corrected chi connectivity index (χ2v) is 6.26. The minimum Gasteiger partial charge on any atom is -0.333 e. The van der Waals surface area contributed by atoms with Crippen LogP contribution in [0.2, 0.25) is 0 Å².